The second-order valence-electron chi connectivity index (χ2n) is 4.38. The summed E-state index contributed by atoms with van der Waals surface area (Å²) in [6.45, 7) is 0. The first-order valence-corrected chi connectivity index (χ1v) is 6.55. The number of isocyanates is 1. The fourth-order valence-corrected chi connectivity index (χ4v) is 3.26. The molecule has 18 heavy (non-hydrogen) atoms. The minimum Gasteiger partial charge on any atom is -0.494 e. The van der Waals surface area contributed by atoms with E-state index in [-0.39, 0.29) is 5.75 Å². The van der Waals surface area contributed by atoms with Crippen LogP contribution in [0.25, 0.3) is 0 Å². The SMILES string of the molecule is COc1ccc(Br)c(C2(N=C=O)CCCC2)c1F. The van der Waals surface area contributed by atoms with Gasteiger partial charge in [0.15, 0.2) is 11.6 Å². The van der Waals surface area contributed by atoms with Gasteiger partial charge in [0.25, 0.3) is 0 Å². The fraction of sp³-hybridized carbons (Fsp3) is 0.462. The van der Waals surface area contributed by atoms with E-state index in [1.807, 2.05) is 0 Å². The Morgan fingerprint density at radius 2 is 2.11 bits per heavy atom. The molecule has 0 N–H and O–H groups in total. The van der Waals surface area contributed by atoms with Gasteiger partial charge in [0.1, 0.15) is 5.54 Å². The second-order valence-corrected chi connectivity index (χ2v) is 5.23. The van der Waals surface area contributed by atoms with Crippen LogP contribution in [0.5, 0.6) is 5.75 Å². The number of nitrogens with zero attached hydrogens (tertiary/aromatic N) is 1. The molecule has 0 radical (unpaired) electrons. The van der Waals surface area contributed by atoms with Gasteiger partial charge < -0.3 is 4.74 Å². The van der Waals surface area contributed by atoms with Gasteiger partial charge >= 0.3 is 0 Å². The third-order valence-corrected chi connectivity index (χ3v) is 4.09. The normalized spacial score (nSPS) is 17.3. The number of rotatable bonds is 3. The zero-order chi connectivity index (χ0) is 13.2. The van der Waals surface area contributed by atoms with Gasteiger partial charge in [-0.2, -0.15) is 4.99 Å². The minimum atomic E-state index is -0.792. The van der Waals surface area contributed by atoms with E-state index in [4.69, 9.17) is 4.74 Å². The van der Waals surface area contributed by atoms with Gasteiger partial charge in [-0.25, -0.2) is 9.18 Å². The van der Waals surface area contributed by atoms with Crippen molar-refractivity contribution < 1.29 is 13.9 Å². The maximum absolute atomic E-state index is 14.4. The van der Waals surface area contributed by atoms with Crippen molar-refractivity contribution >= 4 is 22.0 Å². The van der Waals surface area contributed by atoms with Crippen molar-refractivity contribution in [2.45, 2.75) is 31.2 Å². The summed E-state index contributed by atoms with van der Waals surface area (Å²) < 4.78 is 20.0. The molecule has 1 saturated carbocycles. The average Bonchev–Trinajstić information content (AvgIpc) is 2.79. The summed E-state index contributed by atoms with van der Waals surface area (Å²) in [5.41, 5.74) is -0.387. The molecule has 1 aliphatic rings. The highest BCUT2D eigenvalue weighted by molar-refractivity contribution is 9.10. The summed E-state index contributed by atoms with van der Waals surface area (Å²) in [5.74, 6) is -0.284. The predicted molar refractivity (Wildman–Crippen MR) is 68.9 cm³/mol. The Hall–Kier alpha value is -1.19. The molecule has 0 heterocycles. The van der Waals surface area contributed by atoms with Crippen molar-refractivity contribution in [1.29, 1.82) is 0 Å². The van der Waals surface area contributed by atoms with Crippen molar-refractivity contribution in [3.63, 3.8) is 0 Å². The lowest BCUT2D eigenvalue weighted by Crippen LogP contribution is -2.21. The van der Waals surface area contributed by atoms with E-state index < -0.39 is 11.4 Å². The zero-order valence-corrected chi connectivity index (χ0v) is 11.6. The molecule has 0 amide bonds. The van der Waals surface area contributed by atoms with Crippen molar-refractivity contribution in [1.82, 2.24) is 0 Å². The molecular weight excluding hydrogens is 301 g/mol. The summed E-state index contributed by atoms with van der Waals surface area (Å²) >= 11 is 3.34. The third kappa shape index (κ3) is 2.08. The Labute approximate surface area is 113 Å². The first-order chi connectivity index (χ1) is 8.64. The highest BCUT2D eigenvalue weighted by atomic mass is 79.9. The molecular formula is C13H13BrFNO2. The van der Waals surface area contributed by atoms with E-state index in [1.54, 1.807) is 18.2 Å². The van der Waals surface area contributed by atoms with Crippen LogP contribution in [0.4, 0.5) is 4.39 Å². The number of hydrogen-bond acceptors (Lipinski definition) is 3. The third-order valence-electron chi connectivity index (χ3n) is 3.43. The standard InChI is InChI=1S/C13H13BrFNO2/c1-18-10-5-4-9(14)11(12(10)15)13(16-8-17)6-2-3-7-13/h4-5H,2-3,6-7H2,1H3. The summed E-state index contributed by atoms with van der Waals surface area (Å²) in [6.07, 6.45) is 4.75. The lowest BCUT2D eigenvalue weighted by molar-refractivity contribution is 0.367. The van der Waals surface area contributed by atoms with Crippen molar-refractivity contribution in [2.24, 2.45) is 4.99 Å². The summed E-state index contributed by atoms with van der Waals surface area (Å²) in [5, 5.41) is 0. The van der Waals surface area contributed by atoms with E-state index in [0.717, 1.165) is 12.8 Å². The smallest absolute Gasteiger partial charge is 0.235 e. The molecule has 5 heteroatoms. The molecule has 0 aliphatic heterocycles. The number of ether oxygens (including phenoxy) is 1. The largest absolute Gasteiger partial charge is 0.494 e. The van der Waals surface area contributed by atoms with Crippen LogP contribution >= 0.6 is 15.9 Å². The van der Waals surface area contributed by atoms with Crippen LogP contribution in [0.2, 0.25) is 0 Å². The molecule has 3 nitrogen and oxygen atoms in total. The molecule has 0 bridgehead atoms. The van der Waals surface area contributed by atoms with Crippen LogP contribution in [0.3, 0.4) is 0 Å². The van der Waals surface area contributed by atoms with Gasteiger partial charge in [-0.3, -0.25) is 0 Å². The van der Waals surface area contributed by atoms with Gasteiger partial charge in [-0.15, -0.1) is 0 Å². The van der Waals surface area contributed by atoms with Crippen LogP contribution < -0.4 is 4.74 Å². The maximum atomic E-state index is 14.4. The number of aliphatic imine (C=N–C) groups is 1. The Kier molecular flexibility index (Phi) is 3.83. The molecule has 1 aromatic rings. The lowest BCUT2D eigenvalue weighted by Gasteiger charge is -2.25. The van der Waals surface area contributed by atoms with E-state index in [2.05, 4.69) is 20.9 Å². The highest BCUT2D eigenvalue weighted by Gasteiger charge is 2.40. The van der Waals surface area contributed by atoms with Crippen LogP contribution in [0.1, 0.15) is 31.2 Å². The molecule has 0 spiro atoms. The van der Waals surface area contributed by atoms with Gasteiger partial charge in [-0.1, -0.05) is 28.8 Å². The first kappa shape index (κ1) is 13.2. The molecule has 0 saturated heterocycles. The molecule has 2 rings (SSSR count). The Morgan fingerprint density at radius 1 is 1.44 bits per heavy atom. The van der Waals surface area contributed by atoms with Gasteiger partial charge in [0.05, 0.1) is 7.11 Å². The zero-order valence-electron chi connectivity index (χ0n) is 10.0. The number of carbonyl (C=O) groups excluding carboxylic acids is 1. The maximum Gasteiger partial charge on any atom is 0.235 e. The summed E-state index contributed by atoms with van der Waals surface area (Å²) in [6, 6.07) is 3.27. The number of benzene rings is 1. The molecule has 0 unspecified atom stereocenters. The Bertz CT molecular complexity index is 506. The second kappa shape index (κ2) is 5.21. The van der Waals surface area contributed by atoms with Crippen molar-refractivity contribution in [3.05, 3.63) is 28.0 Å². The summed E-state index contributed by atoms with van der Waals surface area (Å²) in [7, 11) is 1.42. The van der Waals surface area contributed by atoms with Crippen molar-refractivity contribution in [3.8, 4) is 5.75 Å². The van der Waals surface area contributed by atoms with Crippen LogP contribution in [0, 0.1) is 5.82 Å². The number of hydrogen-bond donors (Lipinski definition) is 0. The lowest BCUT2D eigenvalue weighted by atomic mass is 9.88. The quantitative estimate of drug-likeness (QED) is 0.630. The molecule has 0 atom stereocenters. The molecule has 1 fully saturated rings. The molecule has 1 aromatic carbocycles. The van der Waals surface area contributed by atoms with Crippen LogP contribution in [-0.2, 0) is 10.3 Å². The Balaban J connectivity index is 2.64. The van der Waals surface area contributed by atoms with E-state index in [0.29, 0.717) is 22.9 Å². The summed E-state index contributed by atoms with van der Waals surface area (Å²) in [4.78, 5) is 14.5. The van der Waals surface area contributed by atoms with E-state index in [9.17, 15) is 9.18 Å². The van der Waals surface area contributed by atoms with E-state index >= 15 is 0 Å². The van der Waals surface area contributed by atoms with Gasteiger partial charge in [0.2, 0.25) is 6.08 Å². The van der Waals surface area contributed by atoms with Gasteiger partial charge in [-0.05, 0) is 25.0 Å². The van der Waals surface area contributed by atoms with Crippen molar-refractivity contribution in [2.75, 3.05) is 7.11 Å². The predicted octanol–water partition coefficient (Wildman–Crippen LogP) is 3.70. The van der Waals surface area contributed by atoms with Gasteiger partial charge in [0, 0.05) is 10.0 Å². The monoisotopic (exact) mass is 313 g/mol. The number of halogens is 2. The van der Waals surface area contributed by atoms with Crippen LogP contribution in [-0.4, -0.2) is 13.2 Å². The van der Waals surface area contributed by atoms with E-state index in [1.165, 1.54) is 7.11 Å². The van der Waals surface area contributed by atoms with Crippen LogP contribution in [0.15, 0.2) is 21.6 Å². The average molecular weight is 314 g/mol. The molecule has 1 aliphatic carbocycles. The highest BCUT2D eigenvalue weighted by Crippen LogP contribution is 2.47. The number of methoxy groups -OCH3 is 1. The molecule has 96 valence electrons. The Morgan fingerprint density at radius 3 is 2.67 bits per heavy atom. The fourth-order valence-electron chi connectivity index (χ4n) is 2.58. The molecule has 0 aromatic heterocycles. The topological polar surface area (TPSA) is 38.7 Å². The minimum absolute atomic E-state index is 0.167. The first-order valence-electron chi connectivity index (χ1n) is 5.76.